The van der Waals surface area contributed by atoms with E-state index in [1.165, 1.54) is 17.3 Å². The largest absolute Gasteiger partial charge is 0.324 e. The van der Waals surface area contributed by atoms with Crippen LogP contribution in [0.3, 0.4) is 0 Å². The predicted molar refractivity (Wildman–Crippen MR) is 103 cm³/mol. The van der Waals surface area contributed by atoms with Gasteiger partial charge in [-0.05, 0) is 31.2 Å². The van der Waals surface area contributed by atoms with E-state index in [0.717, 1.165) is 11.3 Å². The van der Waals surface area contributed by atoms with Crippen molar-refractivity contribution in [2.24, 2.45) is 0 Å². The molecular weight excluding hydrogens is 354 g/mol. The third kappa shape index (κ3) is 4.81. The molecule has 1 amide bonds. The van der Waals surface area contributed by atoms with Crippen LogP contribution in [0.1, 0.15) is 5.56 Å². The highest BCUT2D eigenvalue weighted by atomic mass is 35.5. The Bertz CT molecular complexity index is 867. The summed E-state index contributed by atoms with van der Waals surface area (Å²) in [7, 11) is 0. The van der Waals surface area contributed by atoms with Crippen LogP contribution in [0.25, 0.3) is 11.3 Å². The molecule has 1 N–H and O–H groups in total. The summed E-state index contributed by atoms with van der Waals surface area (Å²) in [5, 5.41) is 12.4. The molecule has 0 radical (unpaired) electrons. The lowest BCUT2D eigenvalue weighted by molar-refractivity contribution is -0.113. The van der Waals surface area contributed by atoms with E-state index < -0.39 is 0 Å². The van der Waals surface area contributed by atoms with Gasteiger partial charge < -0.3 is 5.32 Å². The number of carbonyl (C=O) groups excluding carboxylic acids is 1. The molecule has 2 aromatic carbocycles. The van der Waals surface area contributed by atoms with Crippen LogP contribution in [0, 0.1) is 6.92 Å². The van der Waals surface area contributed by atoms with E-state index >= 15 is 0 Å². The highest BCUT2D eigenvalue weighted by molar-refractivity contribution is 7.99. The Morgan fingerprint density at radius 3 is 2.48 bits per heavy atom. The Morgan fingerprint density at radius 2 is 1.80 bits per heavy atom. The zero-order valence-corrected chi connectivity index (χ0v) is 15.1. The number of para-hydroxylation sites is 1. The van der Waals surface area contributed by atoms with Crippen molar-refractivity contribution in [3.63, 3.8) is 0 Å². The lowest BCUT2D eigenvalue weighted by atomic mass is 10.1. The fraction of sp³-hybridized carbons (Fsp3) is 0.105. The number of rotatable bonds is 5. The number of aryl methyl sites for hydroxylation is 1. The van der Waals surface area contributed by atoms with Gasteiger partial charge in [-0.3, -0.25) is 4.79 Å². The summed E-state index contributed by atoms with van der Waals surface area (Å²) in [5.41, 5.74) is 3.64. The Labute approximate surface area is 155 Å². The number of benzene rings is 2. The van der Waals surface area contributed by atoms with Crippen LogP contribution in [0.2, 0.25) is 5.02 Å². The summed E-state index contributed by atoms with van der Waals surface area (Å²) < 4.78 is 0. The fourth-order valence-corrected chi connectivity index (χ4v) is 2.96. The average Bonchev–Trinajstić information content (AvgIpc) is 2.63. The standard InChI is InChI=1S/C19H16ClN3OS/c1-13-6-8-14(9-7-13)16-10-11-19(23-22-16)25-12-18(24)21-17-5-3-2-4-15(17)20/h2-11H,12H2,1H3,(H,21,24). The van der Waals surface area contributed by atoms with E-state index in [0.29, 0.717) is 15.7 Å². The molecule has 0 bridgehead atoms. The lowest BCUT2D eigenvalue weighted by Gasteiger charge is -2.06. The van der Waals surface area contributed by atoms with Crippen LogP contribution in [-0.4, -0.2) is 21.9 Å². The van der Waals surface area contributed by atoms with Crippen molar-refractivity contribution < 1.29 is 4.79 Å². The van der Waals surface area contributed by atoms with Crippen LogP contribution >= 0.6 is 23.4 Å². The molecule has 1 aromatic heterocycles. The molecule has 0 atom stereocenters. The number of nitrogens with one attached hydrogen (secondary N) is 1. The van der Waals surface area contributed by atoms with Gasteiger partial charge in [0.25, 0.3) is 0 Å². The van der Waals surface area contributed by atoms with Crippen molar-refractivity contribution in [2.45, 2.75) is 11.9 Å². The number of hydrogen-bond donors (Lipinski definition) is 1. The third-order valence-corrected chi connectivity index (χ3v) is 4.74. The van der Waals surface area contributed by atoms with Gasteiger partial charge in [0.15, 0.2) is 0 Å². The SMILES string of the molecule is Cc1ccc(-c2ccc(SCC(=O)Nc3ccccc3Cl)nn2)cc1. The lowest BCUT2D eigenvalue weighted by Crippen LogP contribution is -2.14. The first-order chi connectivity index (χ1) is 12.1. The van der Waals surface area contributed by atoms with Gasteiger partial charge in [-0.25, -0.2) is 0 Å². The third-order valence-electron chi connectivity index (χ3n) is 3.49. The zero-order chi connectivity index (χ0) is 17.6. The number of nitrogens with zero attached hydrogens (tertiary/aromatic N) is 2. The van der Waals surface area contributed by atoms with E-state index in [-0.39, 0.29) is 11.7 Å². The molecule has 0 aliphatic carbocycles. The summed E-state index contributed by atoms with van der Waals surface area (Å²) in [5.74, 6) is 0.103. The van der Waals surface area contributed by atoms with Gasteiger partial charge in [0, 0.05) is 5.56 Å². The monoisotopic (exact) mass is 369 g/mol. The Morgan fingerprint density at radius 1 is 1.04 bits per heavy atom. The quantitative estimate of drug-likeness (QED) is 0.654. The number of amides is 1. The maximum absolute atomic E-state index is 12.0. The summed E-state index contributed by atoms with van der Waals surface area (Å²) in [6.45, 7) is 2.04. The normalized spacial score (nSPS) is 10.5. The van der Waals surface area contributed by atoms with Gasteiger partial charge in [-0.2, -0.15) is 0 Å². The van der Waals surface area contributed by atoms with Crippen LogP contribution < -0.4 is 5.32 Å². The predicted octanol–water partition coefficient (Wildman–Crippen LogP) is 4.84. The smallest absolute Gasteiger partial charge is 0.234 e. The zero-order valence-electron chi connectivity index (χ0n) is 13.6. The maximum Gasteiger partial charge on any atom is 0.234 e. The molecule has 0 aliphatic heterocycles. The highest BCUT2D eigenvalue weighted by Crippen LogP contribution is 2.22. The highest BCUT2D eigenvalue weighted by Gasteiger charge is 2.08. The summed E-state index contributed by atoms with van der Waals surface area (Å²) >= 11 is 7.36. The topological polar surface area (TPSA) is 54.9 Å². The number of thioether (sulfide) groups is 1. The Hall–Kier alpha value is -2.37. The van der Waals surface area contributed by atoms with Crippen LogP contribution in [0.15, 0.2) is 65.7 Å². The molecule has 3 rings (SSSR count). The minimum absolute atomic E-state index is 0.137. The van der Waals surface area contributed by atoms with Crippen molar-refractivity contribution in [3.8, 4) is 11.3 Å². The van der Waals surface area contributed by atoms with E-state index in [9.17, 15) is 4.79 Å². The van der Waals surface area contributed by atoms with Crippen molar-refractivity contribution in [1.82, 2.24) is 10.2 Å². The molecule has 0 unspecified atom stereocenters. The van der Waals surface area contributed by atoms with Gasteiger partial charge in [-0.1, -0.05) is 65.3 Å². The number of halogens is 1. The number of anilines is 1. The second-order valence-electron chi connectivity index (χ2n) is 5.44. The van der Waals surface area contributed by atoms with Crippen LogP contribution in [-0.2, 0) is 4.79 Å². The molecule has 6 heteroatoms. The molecule has 0 aliphatic rings. The van der Waals surface area contributed by atoms with Crippen LogP contribution in [0.4, 0.5) is 5.69 Å². The summed E-state index contributed by atoms with van der Waals surface area (Å²) in [4.78, 5) is 12.0. The van der Waals surface area contributed by atoms with Crippen molar-refractivity contribution in [2.75, 3.05) is 11.1 Å². The van der Waals surface area contributed by atoms with E-state index in [1.54, 1.807) is 12.1 Å². The molecule has 0 saturated carbocycles. The van der Waals surface area contributed by atoms with Crippen molar-refractivity contribution in [1.29, 1.82) is 0 Å². The number of hydrogen-bond acceptors (Lipinski definition) is 4. The number of aromatic nitrogens is 2. The first-order valence-electron chi connectivity index (χ1n) is 7.70. The van der Waals surface area contributed by atoms with Crippen LogP contribution in [0.5, 0.6) is 0 Å². The second kappa shape index (κ2) is 8.14. The minimum atomic E-state index is -0.137. The Kier molecular flexibility index (Phi) is 5.68. The van der Waals surface area contributed by atoms with Gasteiger partial charge in [-0.15, -0.1) is 10.2 Å². The van der Waals surface area contributed by atoms with Gasteiger partial charge >= 0.3 is 0 Å². The molecule has 25 heavy (non-hydrogen) atoms. The summed E-state index contributed by atoms with van der Waals surface area (Å²) in [6, 6.07) is 19.0. The molecule has 0 saturated heterocycles. The molecule has 1 heterocycles. The van der Waals surface area contributed by atoms with Crippen molar-refractivity contribution in [3.05, 3.63) is 71.2 Å². The van der Waals surface area contributed by atoms with Gasteiger partial charge in [0.2, 0.25) is 5.91 Å². The van der Waals surface area contributed by atoms with Gasteiger partial charge in [0.1, 0.15) is 5.03 Å². The number of carbonyl (C=O) groups is 1. The molecule has 126 valence electrons. The Balaban J connectivity index is 1.57. The molecular formula is C19H16ClN3OS. The van der Waals surface area contributed by atoms with Gasteiger partial charge in [0.05, 0.1) is 22.2 Å². The first-order valence-corrected chi connectivity index (χ1v) is 9.06. The average molecular weight is 370 g/mol. The molecule has 0 spiro atoms. The van der Waals surface area contributed by atoms with E-state index in [1.807, 2.05) is 55.5 Å². The van der Waals surface area contributed by atoms with Crippen molar-refractivity contribution >= 4 is 35.0 Å². The van der Waals surface area contributed by atoms with E-state index in [4.69, 9.17) is 11.6 Å². The molecule has 0 fully saturated rings. The first kappa shape index (κ1) is 17.5. The summed E-state index contributed by atoms with van der Waals surface area (Å²) in [6.07, 6.45) is 0. The maximum atomic E-state index is 12.0. The minimum Gasteiger partial charge on any atom is -0.324 e. The second-order valence-corrected chi connectivity index (χ2v) is 6.84. The molecule has 4 nitrogen and oxygen atoms in total. The van der Waals surface area contributed by atoms with E-state index in [2.05, 4.69) is 15.5 Å². The fourth-order valence-electron chi connectivity index (χ4n) is 2.16. The molecule has 3 aromatic rings.